The lowest BCUT2D eigenvalue weighted by molar-refractivity contribution is -0.121. The SMILES string of the molecule is O=C1[C@@H]2CC[C@@H](C2)[C@H]1Br. The van der Waals surface area contributed by atoms with Crippen LogP contribution in [-0.4, -0.2) is 10.6 Å². The second kappa shape index (κ2) is 1.82. The molecule has 1 nitrogen and oxygen atoms in total. The maximum Gasteiger partial charge on any atom is 0.149 e. The van der Waals surface area contributed by atoms with Crippen LogP contribution in [0.1, 0.15) is 19.3 Å². The molecule has 0 radical (unpaired) electrons. The van der Waals surface area contributed by atoms with Gasteiger partial charge in [-0.15, -0.1) is 0 Å². The van der Waals surface area contributed by atoms with Crippen LogP contribution in [0.25, 0.3) is 0 Å². The van der Waals surface area contributed by atoms with Gasteiger partial charge in [0.1, 0.15) is 5.78 Å². The van der Waals surface area contributed by atoms with Crippen molar-refractivity contribution in [2.45, 2.75) is 24.1 Å². The molecule has 50 valence electrons. The van der Waals surface area contributed by atoms with Crippen LogP contribution in [0, 0.1) is 11.8 Å². The molecule has 0 N–H and O–H groups in total. The van der Waals surface area contributed by atoms with Crippen LogP contribution in [0.2, 0.25) is 0 Å². The highest BCUT2D eigenvalue weighted by Crippen LogP contribution is 2.45. The van der Waals surface area contributed by atoms with E-state index >= 15 is 0 Å². The van der Waals surface area contributed by atoms with Crippen molar-refractivity contribution >= 4 is 21.7 Å². The largest absolute Gasteiger partial charge is 0.298 e. The highest BCUT2D eigenvalue weighted by atomic mass is 79.9. The van der Waals surface area contributed by atoms with Gasteiger partial charge in [0.15, 0.2) is 0 Å². The highest BCUT2D eigenvalue weighted by molar-refractivity contribution is 9.10. The van der Waals surface area contributed by atoms with Gasteiger partial charge < -0.3 is 0 Å². The third kappa shape index (κ3) is 0.689. The van der Waals surface area contributed by atoms with Gasteiger partial charge in [0.05, 0.1) is 4.83 Å². The van der Waals surface area contributed by atoms with E-state index in [2.05, 4.69) is 15.9 Å². The third-order valence-electron chi connectivity index (χ3n) is 2.56. The number of carbonyl (C=O) groups excluding carboxylic acids is 1. The summed E-state index contributed by atoms with van der Waals surface area (Å²) in [5.74, 6) is 1.58. The molecule has 0 unspecified atom stereocenters. The molecule has 0 amide bonds. The number of hydrogen-bond donors (Lipinski definition) is 0. The molecular formula is C7H9BrO. The molecule has 2 aliphatic carbocycles. The van der Waals surface area contributed by atoms with E-state index in [9.17, 15) is 4.79 Å². The van der Waals surface area contributed by atoms with Crippen LogP contribution in [0.15, 0.2) is 0 Å². The zero-order valence-electron chi connectivity index (χ0n) is 5.14. The van der Waals surface area contributed by atoms with E-state index in [1.165, 1.54) is 6.42 Å². The Labute approximate surface area is 62.9 Å². The summed E-state index contributed by atoms with van der Waals surface area (Å²) in [6, 6.07) is 0. The Morgan fingerprint density at radius 2 is 2.22 bits per heavy atom. The lowest BCUT2D eigenvalue weighted by Crippen LogP contribution is -2.21. The number of ketones is 1. The van der Waals surface area contributed by atoms with Crippen molar-refractivity contribution in [1.82, 2.24) is 0 Å². The lowest BCUT2D eigenvalue weighted by atomic mass is 10.00. The summed E-state index contributed by atoms with van der Waals surface area (Å²) in [7, 11) is 0. The van der Waals surface area contributed by atoms with E-state index in [4.69, 9.17) is 0 Å². The van der Waals surface area contributed by atoms with Gasteiger partial charge in [0, 0.05) is 5.92 Å². The monoisotopic (exact) mass is 188 g/mol. The first-order valence-electron chi connectivity index (χ1n) is 3.47. The van der Waals surface area contributed by atoms with Crippen LogP contribution < -0.4 is 0 Å². The first kappa shape index (κ1) is 5.90. The summed E-state index contributed by atoms with van der Waals surface area (Å²) < 4.78 is 0. The van der Waals surface area contributed by atoms with E-state index in [0.717, 1.165) is 12.8 Å². The average molecular weight is 189 g/mol. The van der Waals surface area contributed by atoms with Crippen LogP contribution >= 0.6 is 15.9 Å². The van der Waals surface area contributed by atoms with Gasteiger partial charge in [-0.25, -0.2) is 0 Å². The van der Waals surface area contributed by atoms with Crippen molar-refractivity contribution in [1.29, 1.82) is 0 Å². The van der Waals surface area contributed by atoms with Crippen molar-refractivity contribution in [2.75, 3.05) is 0 Å². The fourth-order valence-electron chi connectivity index (χ4n) is 2.00. The molecule has 2 heteroatoms. The maximum absolute atomic E-state index is 11.1. The summed E-state index contributed by atoms with van der Waals surface area (Å²) in [5, 5.41) is 0. The smallest absolute Gasteiger partial charge is 0.149 e. The molecule has 0 aliphatic heterocycles. The Bertz CT molecular complexity index is 151. The van der Waals surface area contributed by atoms with Gasteiger partial charge in [-0.1, -0.05) is 15.9 Å². The summed E-state index contributed by atoms with van der Waals surface area (Å²) in [4.78, 5) is 11.3. The summed E-state index contributed by atoms with van der Waals surface area (Å²) in [6.07, 6.45) is 3.59. The van der Waals surface area contributed by atoms with Crippen LogP contribution in [-0.2, 0) is 4.79 Å². The molecule has 0 aromatic heterocycles. The van der Waals surface area contributed by atoms with E-state index in [-0.39, 0.29) is 4.83 Å². The standard InChI is InChI=1S/C7H9BrO/c8-6-4-1-2-5(3-4)7(6)9/h4-6H,1-3H2/t4-,5+,6+/m0/s1. The lowest BCUT2D eigenvalue weighted by Gasteiger charge is -2.12. The van der Waals surface area contributed by atoms with Crippen molar-refractivity contribution in [3.8, 4) is 0 Å². The normalized spacial score (nSPS) is 48.6. The third-order valence-corrected chi connectivity index (χ3v) is 3.76. The van der Waals surface area contributed by atoms with Crippen molar-refractivity contribution < 1.29 is 4.79 Å². The molecular weight excluding hydrogens is 180 g/mol. The van der Waals surface area contributed by atoms with E-state index in [0.29, 0.717) is 17.6 Å². The van der Waals surface area contributed by atoms with Crippen molar-refractivity contribution in [3.05, 3.63) is 0 Å². The molecule has 0 heterocycles. The highest BCUT2D eigenvalue weighted by Gasteiger charge is 2.45. The molecule has 0 aromatic carbocycles. The Balaban J connectivity index is 2.25. The average Bonchev–Trinajstić information content (AvgIpc) is 2.37. The number of alkyl halides is 1. The number of fused-ring (bicyclic) bond motifs is 2. The van der Waals surface area contributed by atoms with Gasteiger partial charge in [-0.05, 0) is 25.2 Å². The summed E-state index contributed by atoms with van der Waals surface area (Å²) in [6.45, 7) is 0. The minimum atomic E-state index is 0.219. The zero-order chi connectivity index (χ0) is 6.43. The summed E-state index contributed by atoms with van der Waals surface area (Å²) >= 11 is 3.41. The zero-order valence-corrected chi connectivity index (χ0v) is 6.73. The fraction of sp³-hybridized carbons (Fsp3) is 0.857. The number of Topliss-reactive ketones (excluding diaryl/α,β-unsaturated/α-hetero) is 1. The van der Waals surface area contributed by atoms with E-state index in [1.807, 2.05) is 0 Å². The van der Waals surface area contributed by atoms with Crippen molar-refractivity contribution in [3.63, 3.8) is 0 Å². The van der Waals surface area contributed by atoms with Gasteiger partial charge in [-0.2, -0.15) is 0 Å². The molecule has 0 spiro atoms. The molecule has 0 saturated heterocycles. The minimum absolute atomic E-state index is 0.219. The Kier molecular flexibility index (Phi) is 1.19. The van der Waals surface area contributed by atoms with Gasteiger partial charge in [0.25, 0.3) is 0 Å². The molecule has 9 heavy (non-hydrogen) atoms. The molecule has 2 aliphatic rings. The first-order valence-corrected chi connectivity index (χ1v) is 4.38. The fourth-order valence-corrected chi connectivity index (χ4v) is 2.85. The van der Waals surface area contributed by atoms with Crippen LogP contribution in [0.3, 0.4) is 0 Å². The van der Waals surface area contributed by atoms with Gasteiger partial charge in [0.2, 0.25) is 0 Å². The van der Waals surface area contributed by atoms with Crippen LogP contribution in [0.4, 0.5) is 0 Å². The second-order valence-corrected chi connectivity index (χ2v) is 4.06. The molecule has 2 saturated carbocycles. The Morgan fingerprint density at radius 3 is 2.56 bits per heavy atom. The quantitative estimate of drug-likeness (QED) is 0.530. The summed E-state index contributed by atoms with van der Waals surface area (Å²) in [5.41, 5.74) is 0. The molecule has 3 atom stereocenters. The van der Waals surface area contributed by atoms with E-state index < -0.39 is 0 Å². The molecule has 2 fully saturated rings. The number of rotatable bonds is 0. The Hall–Kier alpha value is 0.150. The minimum Gasteiger partial charge on any atom is -0.298 e. The predicted molar refractivity (Wildman–Crippen MR) is 38.6 cm³/mol. The topological polar surface area (TPSA) is 17.1 Å². The molecule has 0 aromatic rings. The van der Waals surface area contributed by atoms with Crippen LogP contribution in [0.5, 0.6) is 0 Å². The Morgan fingerprint density at radius 1 is 1.44 bits per heavy atom. The molecule has 2 rings (SSSR count). The van der Waals surface area contributed by atoms with Gasteiger partial charge >= 0.3 is 0 Å². The first-order chi connectivity index (χ1) is 4.29. The number of halogens is 1. The number of hydrogen-bond acceptors (Lipinski definition) is 1. The maximum atomic E-state index is 11.1. The second-order valence-electron chi connectivity index (χ2n) is 3.07. The molecule has 2 bridgehead atoms. The van der Waals surface area contributed by atoms with Crippen molar-refractivity contribution in [2.24, 2.45) is 11.8 Å². The van der Waals surface area contributed by atoms with Gasteiger partial charge in [-0.3, -0.25) is 4.79 Å². The van der Waals surface area contributed by atoms with E-state index in [1.54, 1.807) is 0 Å². The number of carbonyl (C=O) groups is 1. The predicted octanol–water partition coefficient (Wildman–Crippen LogP) is 1.75.